The van der Waals surface area contributed by atoms with Crippen LogP contribution >= 0.6 is 0 Å². The number of carbonyl (C=O) groups excluding carboxylic acids is 3. The summed E-state index contributed by atoms with van der Waals surface area (Å²) in [5.41, 5.74) is 0.840. The molecule has 0 N–H and O–H groups in total. The molecule has 1 aliphatic rings. The molecule has 1 aromatic carbocycles. The first-order valence-electron chi connectivity index (χ1n) is 9.47. The monoisotopic (exact) mass is 399 g/mol. The smallest absolute Gasteiger partial charge is 0.289 e. The summed E-state index contributed by atoms with van der Waals surface area (Å²) >= 11 is 0. The average molecular weight is 399 g/mol. The predicted octanol–water partition coefficient (Wildman–Crippen LogP) is 1.62. The Kier molecular flexibility index (Phi) is 6.54. The third-order valence-corrected chi connectivity index (χ3v) is 4.98. The molecule has 3 amide bonds. The van der Waals surface area contributed by atoms with E-state index in [1.54, 1.807) is 29.0 Å². The highest BCUT2D eigenvalue weighted by Gasteiger charge is 2.27. The minimum absolute atomic E-state index is 0.0144. The SMILES string of the molecule is COc1ccccc1CN(CC(=O)N1CCN(C(=O)c2ccco2)CC1)C(C)=O. The van der Waals surface area contributed by atoms with E-state index >= 15 is 0 Å². The van der Waals surface area contributed by atoms with Gasteiger partial charge in [0, 0.05) is 45.2 Å². The van der Waals surface area contributed by atoms with Gasteiger partial charge in [-0.1, -0.05) is 18.2 Å². The lowest BCUT2D eigenvalue weighted by molar-refractivity contribution is -0.140. The number of nitrogens with zero attached hydrogens (tertiary/aromatic N) is 3. The maximum Gasteiger partial charge on any atom is 0.289 e. The molecule has 8 nitrogen and oxygen atoms in total. The second-order valence-corrected chi connectivity index (χ2v) is 6.84. The van der Waals surface area contributed by atoms with E-state index < -0.39 is 0 Å². The summed E-state index contributed by atoms with van der Waals surface area (Å²) in [5, 5.41) is 0. The summed E-state index contributed by atoms with van der Waals surface area (Å²) in [4.78, 5) is 42.0. The van der Waals surface area contributed by atoms with Gasteiger partial charge in [0.25, 0.3) is 5.91 Å². The molecule has 0 unspecified atom stereocenters. The first-order chi connectivity index (χ1) is 14.0. The predicted molar refractivity (Wildman–Crippen MR) is 105 cm³/mol. The van der Waals surface area contributed by atoms with Crippen LogP contribution in [0.1, 0.15) is 23.0 Å². The van der Waals surface area contributed by atoms with Crippen molar-refractivity contribution in [3.63, 3.8) is 0 Å². The molecular formula is C21H25N3O5. The fourth-order valence-corrected chi connectivity index (χ4v) is 3.30. The zero-order valence-electron chi connectivity index (χ0n) is 16.7. The lowest BCUT2D eigenvalue weighted by Crippen LogP contribution is -2.52. The van der Waals surface area contributed by atoms with Gasteiger partial charge in [-0.15, -0.1) is 0 Å². The van der Waals surface area contributed by atoms with Gasteiger partial charge in [0.15, 0.2) is 5.76 Å². The van der Waals surface area contributed by atoms with Crippen LogP contribution < -0.4 is 4.74 Å². The molecule has 29 heavy (non-hydrogen) atoms. The molecule has 1 aromatic heterocycles. The zero-order chi connectivity index (χ0) is 20.8. The summed E-state index contributed by atoms with van der Waals surface area (Å²) in [5.74, 6) is 0.473. The number of furan rings is 1. The van der Waals surface area contributed by atoms with E-state index in [1.165, 1.54) is 18.1 Å². The first kappa shape index (κ1) is 20.4. The van der Waals surface area contributed by atoms with E-state index in [0.29, 0.717) is 44.2 Å². The van der Waals surface area contributed by atoms with Gasteiger partial charge >= 0.3 is 0 Å². The quantitative estimate of drug-likeness (QED) is 0.737. The number of para-hydroxylation sites is 1. The van der Waals surface area contributed by atoms with Crippen LogP contribution in [0, 0.1) is 0 Å². The van der Waals surface area contributed by atoms with Crippen LogP contribution in [-0.4, -0.2) is 72.3 Å². The van der Waals surface area contributed by atoms with Crippen molar-refractivity contribution in [2.45, 2.75) is 13.5 Å². The van der Waals surface area contributed by atoms with Gasteiger partial charge in [-0.05, 0) is 18.2 Å². The lowest BCUT2D eigenvalue weighted by atomic mass is 10.2. The van der Waals surface area contributed by atoms with E-state index in [-0.39, 0.29) is 24.3 Å². The third-order valence-electron chi connectivity index (χ3n) is 4.98. The van der Waals surface area contributed by atoms with E-state index in [9.17, 15) is 14.4 Å². The number of hydrogen-bond donors (Lipinski definition) is 0. The molecule has 0 saturated carbocycles. The Bertz CT molecular complexity index is 857. The Labute approximate surface area is 169 Å². The molecule has 154 valence electrons. The highest BCUT2D eigenvalue weighted by molar-refractivity contribution is 5.91. The van der Waals surface area contributed by atoms with Crippen molar-refractivity contribution in [3.05, 3.63) is 54.0 Å². The summed E-state index contributed by atoms with van der Waals surface area (Å²) in [6.45, 7) is 3.43. The molecule has 3 rings (SSSR count). The van der Waals surface area contributed by atoms with Crippen LogP contribution in [-0.2, 0) is 16.1 Å². The van der Waals surface area contributed by atoms with Crippen molar-refractivity contribution in [1.82, 2.24) is 14.7 Å². The first-order valence-corrected chi connectivity index (χ1v) is 9.47. The molecule has 1 fully saturated rings. The van der Waals surface area contributed by atoms with E-state index in [4.69, 9.17) is 9.15 Å². The van der Waals surface area contributed by atoms with E-state index in [2.05, 4.69) is 0 Å². The molecule has 0 atom stereocenters. The van der Waals surface area contributed by atoms with Crippen molar-refractivity contribution in [1.29, 1.82) is 0 Å². The maximum absolute atomic E-state index is 12.7. The Morgan fingerprint density at radius 1 is 1.03 bits per heavy atom. The maximum atomic E-state index is 12.7. The van der Waals surface area contributed by atoms with Crippen LogP contribution in [0.15, 0.2) is 47.1 Å². The molecule has 1 saturated heterocycles. The summed E-state index contributed by atoms with van der Waals surface area (Å²) in [6, 6.07) is 10.7. The molecule has 2 aromatic rings. The number of methoxy groups -OCH3 is 1. The highest BCUT2D eigenvalue weighted by atomic mass is 16.5. The van der Waals surface area contributed by atoms with Crippen molar-refractivity contribution in [2.24, 2.45) is 0 Å². The largest absolute Gasteiger partial charge is 0.496 e. The normalized spacial score (nSPS) is 13.9. The lowest BCUT2D eigenvalue weighted by Gasteiger charge is -2.35. The van der Waals surface area contributed by atoms with Gasteiger partial charge in [-0.3, -0.25) is 14.4 Å². The third kappa shape index (κ3) is 4.96. The number of rotatable bonds is 6. The number of benzene rings is 1. The second kappa shape index (κ2) is 9.27. The Hall–Kier alpha value is -3.29. The van der Waals surface area contributed by atoms with Gasteiger partial charge < -0.3 is 23.9 Å². The van der Waals surface area contributed by atoms with Gasteiger partial charge in [0.05, 0.1) is 13.4 Å². The Morgan fingerprint density at radius 2 is 1.72 bits per heavy atom. The summed E-state index contributed by atoms with van der Waals surface area (Å²) in [7, 11) is 1.57. The van der Waals surface area contributed by atoms with Gasteiger partial charge in [0.1, 0.15) is 12.3 Å². The minimum Gasteiger partial charge on any atom is -0.496 e. The number of amides is 3. The van der Waals surface area contributed by atoms with Crippen molar-refractivity contribution in [3.8, 4) is 5.75 Å². The Morgan fingerprint density at radius 3 is 2.34 bits per heavy atom. The topological polar surface area (TPSA) is 83.3 Å². The number of ether oxygens (including phenoxy) is 1. The molecule has 0 bridgehead atoms. The molecule has 2 heterocycles. The molecule has 8 heteroatoms. The van der Waals surface area contributed by atoms with Crippen molar-refractivity contribution in [2.75, 3.05) is 39.8 Å². The van der Waals surface area contributed by atoms with Gasteiger partial charge in [-0.25, -0.2) is 0 Å². The summed E-state index contributed by atoms with van der Waals surface area (Å²) < 4.78 is 10.5. The fraction of sp³-hybridized carbons (Fsp3) is 0.381. The number of piperazine rings is 1. The average Bonchev–Trinajstić information content (AvgIpc) is 3.28. The highest BCUT2D eigenvalue weighted by Crippen LogP contribution is 2.19. The molecule has 0 aliphatic carbocycles. The number of hydrogen-bond acceptors (Lipinski definition) is 5. The van der Waals surface area contributed by atoms with Crippen LogP contribution in [0.3, 0.4) is 0 Å². The van der Waals surface area contributed by atoms with Gasteiger partial charge in [-0.2, -0.15) is 0 Å². The van der Waals surface area contributed by atoms with E-state index in [0.717, 1.165) is 5.56 Å². The molecule has 0 spiro atoms. The minimum atomic E-state index is -0.184. The van der Waals surface area contributed by atoms with Crippen LogP contribution in [0.25, 0.3) is 0 Å². The summed E-state index contributed by atoms with van der Waals surface area (Å²) in [6.07, 6.45) is 1.46. The molecule has 1 aliphatic heterocycles. The fourth-order valence-electron chi connectivity index (χ4n) is 3.30. The second-order valence-electron chi connectivity index (χ2n) is 6.84. The molecular weight excluding hydrogens is 374 g/mol. The van der Waals surface area contributed by atoms with Crippen molar-refractivity contribution < 1.29 is 23.5 Å². The molecule has 0 radical (unpaired) electrons. The van der Waals surface area contributed by atoms with Crippen LogP contribution in [0.2, 0.25) is 0 Å². The Balaban J connectivity index is 1.57. The zero-order valence-corrected chi connectivity index (χ0v) is 16.7. The van der Waals surface area contributed by atoms with E-state index in [1.807, 2.05) is 24.3 Å². The standard InChI is InChI=1S/C21H25N3O5/c1-16(25)24(14-17-6-3-4-7-18(17)28-2)15-20(26)22-9-11-23(12-10-22)21(27)19-8-5-13-29-19/h3-8,13H,9-12,14-15H2,1-2H3. The number of carbonyl (C=O) groups is 3. The van der Waals surface area contributed by atoms with Crippen LogP contribution in [0.4, 0.5) is 0 Å². The van der Waals surface area contributed by atoms with Gasteiger partial charge in [0.2, 0.25) is 11.8 Å². The van der Waals surface area contributed by atoms with Crippen LogP contribution in [0.5, 0.6) is 5.75 Å². The van der Waals surface area contributed by atoms with Crippen molar-refractivity contribution >= 4 is 17.7 Å².